The minimum absolute atomic E-state index is 0.0764. The summed E-state index contributed by atoms with van der Waals surface area (Å²) in [5.41, 5.74) is 0. The highest BCUT2D eigenvalue weighted by molar-refractivity contribution is 7.92. The summed E-state index contributed by atoms with van der Waals surface area (Å²) >= 11 is 5.67. The Bertz CT molecular complexity index is 480. The molecule has 0 fully saturated rings. The molecule has 96 valence electrons. The van der Waals surface area contributed by atoms with E-state index in [0.717, 1.165) is 0 Å². The number of hydrogen-bond acceptors (Lipinski definition) is 6. The third-order valence-corrected chi connectivity index (χ3v) is 3.07. The molecule has 1 aromatic heterocycles. The standard InChI is InChI=1S/C8H12ClN3O4S/c1-15-3-4-17(13,14)12-8-10-6(9)5-7(11-8)16-2/h5H,3-4H2,1-2H3,(H,10,11,12). The van der Waals surface area contributed by atoms with Gasteiger partial charge in [-0.2, -0.15) is 4.98 Å². The number of methoxy groups -OCH3 is 2. The number of hydrogen-bond donors (Lipinski definition) is 1. The van der Waals surface area contributed by atoms with Gasteiger partial charge < -0.3 is 9.47 Å². The van der Waals surface area contributed by atoms with Gasteiger partial charge in [0.25, 0.3) is 0 Å². The van der Waals surface area contributed by atoms with Crippen molar-refractivity contribution in [3.05, 3.63) is 11.2 Å². The van der Waals surface area contributed by atoms with Gasteiger partial charge in [0.15, 0.2) is 0 Å². The number of rotatable bonds is 6. The topological polar surface area (TPSA) is 90.4 Å². The molecule has 0 amide bonds. The molecule has 1 N–H and O–H groups in total. The van der Waals surface area contributed by atoms with E-state index in [0.29, 0.717) is 0 Å². The fraction of sp³-hybridized carbons (Fsp3) is 0.500. The second kappa shape index (κ2) is 5.99. The Balaban J connectivity index is 2.84. The van der Waals surface area contributed by atoms with Crippen LogP contribution in [0.5, 0.6) is 5.88 Å². The van der Waals surface area contributed by atoms with Crippen molar-refractivity contribution in [3.63, 3.8) is 0 Å². The van der Waals surface area contributed by atoms with Crippen LogP contribution in [0.3, 0.4) is 0 Å². The van der Waals surface area contributed by atoms with Gasteiger partial charge in [0.2, 0.25) is 21.9 Å². The van der Waals surface area contributed by atoms with Gasteiger partial charge in [0.1, 0.15) is 5.15 Å². The van der Waals surface area contributed by atoms with Gasteiger partial charge in [-0.25, -0.2) is 13.4 Å². The summed E-state index contributed by atoms with van der Waals surface area (Å²) in [6, 6.07) is 1.37. The summed E-state index contributed by atoms with van der Waals surface area (Å²) in [4.78, 5) is 7.51. The van der Waals surface area contributed by atoms with Crippen LogP contribution in [-0.4, -0.2) is 45.0 Å². The Morgan fingerprint density at radius 3 is 2.71 bits per heavy atom. The SMILES string of the molecule is COCCS(=O)(=O)Nc1nc(Cl)cc(OC)n1. The van der Waals surface area contributed by atoms with Crippen molar-refractivity contribution >= 4 is 27.6 Å². The maximum atomic E-state index is 11.5. The second-order valence-corrected chi connectivity index (χ2v) is 5.20. The van der Waals surface area contributed by atoms with Gasteiger partial charge in [-0.1, -0.05) is 11.6 Å². The smallest absolute Gasteiger partial charge is 0.241 e. The molecular weight excluding hydrogens is 270 g/mol. The molecule has 0 spiro atoms. The number of sulfonamides is 1. The molecule has 0 aliphatic rings. The van der Waals surface area contributed by atoms with Gasteiger partial charge in [0, 0.05) is 13.2 Å². The van der Waals surface area contributed by atoms with E-state index < -0.39 is 10.0 Å². The first kappa shape index (κ1) is 13.9. The summed E-state index contributed by atoms with van der Waals surface area (Å²) in [5, 5.41) is 0.0845. The summed E-state index contributed by atoms with van der Waals surface area (Å²) in [6.45, 7) is 0.0764. The maximum absolute atomic E-state index is 11.5. The molecule has 0 radical (unpaired) electrons. The van der Waals surface area contributed by atoms with E-state index in [1.165, 1.54) is 20.3 Å². The van der Waals surface area contributed by atoms with Crippen molar-refractivity contribution in [2.45, 2.75) is 0 Å². The highest BCUT2D eigenvalue weighted by atomic mass is 35.5. The van der Waals surface area contributed by atoms with Crippen LogP contribution in [0, 0.1) is 0 Å². The lowest BCUT2D eigenvalue weighted by atomic mass is 10.6. The molecule has 0 bridgehead atoms. The van der Waals surface area contributed by atoms with Gasteiger partial charge in [0.05, 0.1) is 19.5 Å². The molecule has 17 heavy (non-hydrogen) atoms. The van der Waals surface area contributed by atoms with Crippen LogP contribution < -0.4 is 9.46 Å². The van der Waals surface area contributed by atoms with E-state index in [1.54, 1.807) is 0 Å². The van der Waals surface area contributed by atoms with Gasteiger partial charge in [-0.15, -0.1) is 0 Å². The summed E-state index contributed by atoms with van der Waals surface area (Å²) in [7, 11) is -0.751. The molecule has 7 nitrogen and oxygen atoms in total. The Hall–Kier alpha value is -1.12. The van der Waals surface area contributed by atoms with Crippen LogP contribution in [0.15, 0.2) is 6.07 Å². The Labute approximate surface area is 104 Å². The van der Waals surface area contributed by atoms with Crippen molar-refractivity contribution in [3.8, 4) is 5.88 Å². The largest absolute Gasteiger partial charge is 0.481 e. The molecule has 1 aromatic rings. The zero-order valence-electron chi connectivity index (χ0n) is 9.31. The molecule has 0 aliphatic carbocycles. The van der Waals surface area contributed by atoms with Crippen molar-refractivity contribution in [2.24, 2.45) is 0 Å². The monoisotopic (exact) mass is 281 g/mol. The summed E-state index contributed by atoms with van der Waals surface area (Å²) in [5.74, 6) is -0.151. The van der Waals surface area contributed by atoms with E-state index >= 15 is 0 Å². The first-order valence-corrected chi connectivity index (χ1v) is 6.58. The minimum atomic E-state index is -3.55. The summed E-state index contributed by atoms with van der Waals surface area (Å²) < 4.78 is 34.7. The Morgan fingerprint density at radius 1 is 1.41 bits per heavy atom. The van der Waals surface area contributed by atoms with Crippen molar-refractivity contribution in [1.29, 1.82) is 0 Å². The molecule has 1 rings (SSSR count). The number of anilines is 1. The fourth-order valence-corrected chi connectivity index (χ4v) is 1.96. The second-order valence-electron chi connectivity index (χ2n) is 2.97. The number of nitrogens with one attached hydrogen (secondary N) is 1. The number of ether oxygens (including phenoxy) is 2. The molecule has 9 heteroatoms. The molecule has 0 saturated heterocycles. The maximum Gasteiger partial charge on any atom is 0.241 e. The molecular formula is C8H12ClN3O4S. The molecule has 0 aromatic carbocycles. The van der Waals surface area contributed by atoms with Crippen LogP contribution >= 0.6 is 11.6 Å². The van der Waals surface area contributed by atoms with E-state index in [1.807, 2.05) is 0 Å². The van der Waals surface area contributed by atoms with Crippen LogP contribution in [0.4, 0.5) is 5.95 Å². The molecule has 1 heterocycles. The zero-order chi connectivity index (χ0) is 12.9. The van der Waals surface area contributed by atoms with Crippen molar-refractivity contribution in [2.75, 3.05) is 31.3 Å². The summed E-state index contributed by atoms with van der Waals surface area (Å²) in [6.07, 6.45) is 0. The lowest BCUT2D eigenvalue weighted by molar-refractivity contribution is 0.217. The zero-order valence-corrected chi connectivity index (χ0v) is 10.9. The first-order chi connectivity index (χ1) is 7.96. The van der Waals surface area contributed by atoms with Crippen LogP contribution in [0.1, 0.15) is 0 Å². The number of halogens is 1. The average molecular weight is 282 g/mol. The van der Waals surface area contributed by atoms with Crippen molar-refractivity contribution in [1.82, 2.24) is 9.97 Å². The van der Waals surface area contributed by atoms with E-state index in [-0.39, 0.29) is 29.3 Å². The first-order valence-electron chi connectivity index (χ1n) is 4.55. The van der Waals surface area contributed by atoms with Crippen LogP contribution in [-0.2, 0) is 14.8 Å². The van der Waals surface area contributed by atoms with Gasteiger partial charge >= 0.3 is 0 Å². The molecule has 0 aliphatic heterocycles. The predicted molar refractivity (Wildman–Crippen MR) is 62.9 cm³/mol. The molecule has 0 unspecified atom stereocenters. The quantitative estimate of drug-likeness (QED) is 0.765. The highest BCUT2D eigenvalue weighted by Crippen LogP contribution is 2.16. The normalized spacial score (nSPS) is 11.2. The number of nitrogens with zero attached hydrogens (tertiary/aromatic N) is 2. The predicted octanol–water partition coefficient (Wildman–Crippen LogP) is 0.527. The van der Waals surface area contributed by atoms with E-state index in [2.05, 4.69) is 19.4 Å². The van der Waals surface area contributed by atoms with Crippen LogP contribution in [0.2, 0.25) is 5.15 Å². The van der Waals surface area contributed by atoms with Crippen LogP contribution in [0.25, 0.3) is 0 Å². The highest BCUT2D eigenvalue weighted by Gasteiger charge is 2.13. The Kier molecular flexibility index (Phi) is 4.91. The van der Waals surface area contributed by atoms with Gasteiger partial charge in [-0.05, 0) is 0 Å². The fourth-order valence-electron chi connectivity index (χ4n) is 0.930. The lowest BCUT2D eigenvalue weighted by Gasteiger charge is -2.07. The lowest BCUT2D eigenvalue weighted by Crippen LogP contribution is -2.21. The third-order valence-electron chi connectivity index (χ3n) is 1.68. The molecule has 0 saturated carbocycles. The Morgan fingerprint density at radius 2 is 2.12 bits per heavy atom. The molecule has 0 atom stereocenters. The van der Waals surface area contributed by atoms with Gasteiger partial charge in [-0.3, -0.25) is 4.72 Å². The minimum Gasteiger partial charge on any atom is -0.481 e. The third kappa shape index (κ3) is 4.72. The van der Waals surface area contributed by atoms with E-state index in [9.17, 15) is 8.42 Å². The average Bonchev–Trinajstić information content (AvgIpc) is 2.25. The van der Waals surface area contributed by atoms with Crippen molar-refractivity contribution < 1.29 is 17.9 Å². The number of aromatic nitrogens is 2. The van der Waals surface area contributed by atoms with E-state index in [4.69, 9.17) is 16.3 Å².